The molecule has 8 nitrogen and oxygen atoms in total. The second-order valence-electron chi connectivity index (χ2n) is 10.4. The summed E-state index contributed by atoms with van der Waals surface area (Å²) >= 11 is 11.2. The lowest BCUT2D eigenvalue weighted by atomic mass is 9.73. The summed E-state index contributed by atoms with van der Waals surface area (Å²) in [6.45, 7) is 0.832. The predicted molar refractivity (Wildman–Crippen MR) is 160 cm³/mol. The molecule has 0 atom stereocenters. The molecule has 0 bridgehead atoms. The monoisotopic (exact) mass is 598 g/mol. The molecule has 1 heterocycles. The van der Waals surface area contributed by atoms with E-state index in [1.807, 2.05) is 30.3 Å². The molecule has 1 amide bonds. The molecule has 2 fully saturated rings. The summed E-state index contributed by atoms with van der Waals surface area (Å²) in [5, 5.41) is 5.30. The highest BCUT2D eigenvalue weighted by molar-refractivity contribution is 7.89. The van der Waals surface area contributed by atoms with Crippen LogP contribution in [-0.4, -0.2) is 66.1 Å². The zero-order valence-corrected chi connectivity index (χ0v) is 24.3. The number of hydrogen-bond donors (Lipinski definition) is 2. The van der Waals surface area contributed by atoms with Gasteiger partial charge in [-0.15, -0.1) is 0 Å². The van der Waals surface area contributed by atoms with Gasteiger partial charge in [-0.3, -0.25) is 9.59 Å². The van der Waals surface area contributed by atoms with Crippen molar-refractivity contribution in [2.24, 2.45) is 11.7 Å². The number of hydrogen-bond acceptors (Lipinski definition) is 5. The van der Waals surface area contributed by atoms with Gasteiger partial charge in [-0.1, -0.05) is 54.1 Å². The maximum Gasteiger partial charge on any atom is 0.248 e. The first-order valence-electron chi connectivity index (χ1n) is 13.2. The van der Waals surface area contributed by atoms with Gasteiger partial charge >= 0.3 is 0 Å². The number of benzene rings is 3. The average Bonchev–Trinajstić information content (AvgIpc) is 2.96. The second-order valence-corrected chi connectivity index (χ2v) is 13.2. The number of carbonyl (C=O) groups excluding carboxylic acids is 2. The van der Waals surface area contributed by atoms with Crippen LogP contribution >= 0.6 is 23.8 Å². The summed E-state index contributed by atoms with van der Waals surface area (Å²) in [5.74, 6) is -0.269. The maximum absolute atomic E-state index is 13.8. The van der Waals surface area contributed by atoms with Gasteiger partial charge in [0, 0.05) is 42.7 Å². The SMILES string of the molecule is NC(=S)NC1(C(=O)N2CCN(S(=O)(=O)c3ccc4cc(Cl)ccc4c3)CC2)CCC(C(=O)c2ccccc2)CC1. The third-order valence-corrected chi connectivity index (χ3v) is 10.2. The van der Waals surface area contributed by atoms with Gasteiger partial charge in [0.05, 0.1) is 4.90 Å². The lowest BCUT2D eigenvalue weighted by Gasteiger charge is -2.44. The normalized spacial score (nSPS) is 22.1. The molecule has 5 rings (SSSR count). The van der Waals surface area contributed by atoms with E-state index in [9.17, 15) is 18.0 Å². The summed E-state index contributed by atoms with van der Waals surface area (Å²) in [7, 11) is -3.75. The van der Waals surface area contributed by atoms with E-state index in [1.165, 1.54) is 4.31 Å². The first-order valence-corrected chi connectivity index (χ1v) is 15.5. The number of halogens is 1. The van der Waals surface area contributed by atoms with Crippen LogP contribution in [0, 0.1) is 5.92 Å². The van der Waals surface area contributed by atoms with Gasteiger partial charge in [0.2, 0.25) is 15.9 Å². The van der Waals surface area contributed by atoms with E-state index in [4.69, 9.17) is 29.6 Å². The summed E-state index contributed by atoms with van der Waals surface area (Å²) in [5.41, 5.74) is 5.49. The molecule has 0 aromatic heterocycles. The Hall–Kier alpha value is -3.05. The van der Waals surface area contributed by atoms with Crippen molar-refractivity contribution >= 4 is 61.4 Å². The fourth-order valence-corrected chi connectivity index (χ4v) is 7.61. The highest BCUT2D eigenvalue weighted by Gasteiger charge is 2.46. The van der Waals surface area contributed by atoms with Crippen molar-refractivity contribution in [1.82, 2.24) is 14.5 Å². The Morgan fingerprint density at radius 2 is 1.55 bits per heavy atom. The van der Waals surface area contributed by atoms with Crippen molar-refractivity contribution in [2.75, 3.05) is 26.2 Å². The number of piperazine rings is 1. The number of sulfonamides is 1. The van der Waals surface area contributed by atoms with Crippen molar-refractivity contribution in [3.63, 3.8) is 0 Å². The lowest BCUT2D eigenvalue weighted by molar-refractivity contribution is -0.140. The molecule has 40 heavy (non-hydrogen) atoms. The summed E-state index contributed by atoms with van der Waals surface area (Å²) in [6, 6.07) is 19.5. The van der Waals surface area contributed by atoms with E-state index in [0.717, 1.165) is 10.8 Å². The van der Waals surface area contributed by atoms with Crippen LogP contribution in [0.5, 0.6) is 0 Å². The Bertz CT molecular complexity index is 1550. The second kappa shape index (κ2) is 11.4. The number of carbonyl (C=O) groups is 2. The van der Waals surface area contributed by atoms with Crippen LogP contribution in [0.1, 0.15) is 36.0 Å². The van der Waals surface area contributed by atoms with Gasteiger partial charge in [-0.25, -0.2) is 8.42 Å². The average molecular weight is 599 g/mol. The molecule has 1 aliphatic carbocycles. The molecular formula is C29H31ClN4O4S2. The molecule has 3 aromatic rings. The number of nitrogens with two attached hydrogens (primary N) is 1. The lowest BCUT2D eigenvalue weighted by Crippen LogP contribution is -2.64. The molecular weight excluding hydrogens is 568 g/mol. The third-order valence-electron chi connectivity index (χ3n) is 7.98. The number of fused-ring (bicyclic) bond motifs is 1. The van der Waals surface area contributed by atoms with Gasteiger partial charge < -0.3 is 16.0 Å². The Kier molecular flexibility index (Phi) is 8.15. The zero-order valence-electron chi connectivity index (χ0n) is 21.9. The fourth-order valence-electron chi connectivity index (χ4n) is 5.78. The molecule has 0 spiro atoms. The van der Waals surface area contributed by atoms with Crippen LogP contribution in [-0.2, 0) is 14.8 Å². The standard InChI is InChI=1S/C29H31ClN4O4S2/c30-24-8-6-23-19-25(9-7-22(23)18-24)40(37,38)34-16-14-33(15-17-34)27(36)29(32-28(31)39)12-10-21(11-13-29)26(35)20-4-2-1-3-5-20/h1-9,18-19,21H,10-17H2,(H3,31,32,39). The van der Waals surface area contributed by atoms with E-state index >= 15 is 0 Å². The Labute approximate surface area is 244 Å². The minimum Gasteiger partial charge on any atom is -0.376 e. The number of ketones is 1. The molecule has 1 aliphatic heterocycles. The van der Waals surface area contributed by atoms with Crippen molar-refractivity contribution in [1.29, 1.82) is 0 Å². The summed E-state index contributed by atoms with van der Waals surface area (Å²) < 4.78 is 28.3. The Morgan fingerprint density at radius 3 is 2.20 bits per heavy atom. The first kappa shape index (κ1) is 28.5. The zero-order chi connectivity index (χ0) is 28.5. The number of rotatable bonds is 6. The van der Waals surface area contributed by atoms with E-state index in [-0.39, 0.29) is 53.8 Å². The van der Waals surface area contributed by atoms with Crippen molar-refractivity contribution in [3.05, 3.63) is 77.3 Å². The topological polar surface area (TPSA) is 113 Å². The molecule has 1 saturated carbocycles. The largest absolute Gasteiger partial charge is 0.376 e. The fraction of sp³-hybridized carbons (Fsp3) is 0.345. The quantitative estimate of drug-likeness (QED) is 0.326. The van der Waals surface area contributed by atoms with Crippen LogP contribution in [0.15, 0.2) is 71.6 Å². The van der Waals surface area contributed by atoms with E-state index in [0.29, 0.717) is 36.3 Å². The van der Waals surface area contributed by atoms with Gasteiger partial charge in [0.15, 0.2) is 10.9 Å². The predicted octanol–water partition coefficient (Wildman–Crippen LogP) is 3.97. The van der Waals surface area contributed by atoms with E-state index in [2.05, 4.69) is 5.32 Å². The van der Waals surface area contributed by atoms with E-state index in [1.54, 1.807) is 41.3 Å². The summed E-state index contributed by atoms with van der Waals surface area (Å²) in [4.78, 5) is 28.7. The highest BCUT2D eigenvalue weighted by atomic mass is 35.5. The summed E-state index contributed by atoms with van der Waals surface area (Å²) in [6.07, 6.45) is 1.87. The Balaban J connectivity index is 1.26. The number of nitrogens with zero attached hydrogens (tertiary/aromatic N) is 2. The number of Topliss-reactive ketones (excluding diaryl/α,β-unsaturated/α-hetero) is 1. The highest BCUT2D eigenvalue weighted by Crippen LogP contribution is 2.36. The van der Waals surface area contributed by atoms with Gasteiger partial charge in [-0.2, -0.15) is 4.31 Å². The smallest absolute Gasteiger partial charge is 0.248 e. The molecule has 11 heteroatoms. The minimum absolute atomic E-state index is 0.0278. The molecule has 0 radical (unpaired) electrons. The van der Waals surface area contributed by atoms with Crippen molar-refractivity contribution < 1.29 is 18.0 Å². The molecule has 3 N–H and O–H groups in total. The van der Waals surface area contributed by atoms with Crippen LogP contribution in [0.2, 0.25) is 5.02 Å². The van der Waals surface area contributed by atoms with E-state index < -0.39 is 15.6 Å². The maximum atomic E-state index is 13.8. The molecule has 3 aromatic carbocycles. The van der Waals surface area contributed by atoms with Gasteiger partial charge in [0.1, 0.15) is 5.54 Å². The third kappa shape index (κ3) is 5.72. The van der Waals surface area contributed by atoms with Gasteiger partial charge in [-0.05, 0) is 72.9 Å². The van der Waals surface area contributed by atoms with Crippen molar-refractivity contribution in [2.45, 2.75) is 36.1 Å². The molecule has 210 valence electrons. The van der Waals surface area contributed by atoms with Crippen LogP contribution in [0.25, 0.3) is 10.8 Å². The first-order chi connectivity index (χ1) is 19.1. The van der Waals surface area contributed by atoms with Crippen LogP contribution in [0.4, 0.5) is 0 Å². The molecule has 0 unspecified atom stereocenters. The van der Waals surface area contributed by atoms with Gasteiger partial charge in [0.25, 0.3) is 0 Å². The number of thiocarbonyl (C=S) groups is 1. The van der Waals surface area contributed by atoms with Crippen LogP contribution in [0.3, 0.4) is 0 Å². The van der Waals surface area contributed by atoms with Crippen LogP contribution < -0.4 is 11.1 Å². The minimum atomic E-state index is -3.75. The molecule has 1 saturated heterocycles. The Morgan fingerprint density at radius 1 is 0.925 bits per heavy atom. The van der Waals surface area contributed by atoms with Crippen molar-refractivity contribution in [3.8, 4) is 0 Å². The molecule has 2 aliphatic rings. The number of nitrogens with one attached hydrogen (secondary N) is 1. The number of amides is 1.